The Balaban J connectivity index is 1.68. The molecule has 5 heteroatoms. The molecule has 3 nitrogen and oxygen atoms in total. The van der Waals surface area contributed by atoms with E-state index < -0.39 is 0 Å². The summed E-state index contributed by atoms with van der Waals surface area (Å²) in [6.07, 6.45) is 1.04. The lowest BCUT2D eigenvalue weighted by Gasteiger charge is -2.27. The highest BCUT2D eigenvalue weighted by molar-refractivity contribution is 7.12. The van der Waals surface area contributed by atoms with Gasteiger partial charge in [0.15, 0.2) is 0 Å². The third-order valence-electron chi connectivity index (χ3n) is 3.51. The van der Waals surface area contributed by atoms with Crippen molar-refractivity contribution < 1.29 is 4.79 Å². The van der Waals surface area contributed by atoms with E-state index in [4.69, 9.17) is 11.6 Å². The first-order chi connectivity index (χ1) is 9.75. The summed E-state index contributed by atoms with van der Waals surface area (Å²) in [6, 6.07) is 10.3. The predicted octanol–water partition coefficient (Wildman–Crippen LogP) is 3.02. The van der Waals surface area contributed by atoms with Crippen molar-refractivity contribution in [3.63, 3.8) is 0 Å². The third kappa shape index (κ3) is 2.73. The van der Waals surface area contributed by atoms with E-state index in [0.29, 0.717) is 16.4 Å². The maximum absolute atomic E-state index is 12.1. The Labute approximate surface area is 127 Å². The molecule has 0 radical (unpaired) electrons. The molecule has 0 saturated carbocycles. The monoisotopic (exact) mass is 306 g/mol. The largest absolute Gasteiger partial charge is 0.349 e. The van der Waals surface area contributed by atoms with Crippen LogP contribution < -0.4 is 10.6 Å². The van der Waals surface area contributed by atoms with Crippen LogP contribution in [-0.4, -0.2) is 19.0 Å². The molecule has 0 saturated heterocycles. The summed E-state index contributed by atoms with van der Waals surface area (Å²) in [4.78, 5) is 12.6. The first kappa shape index (κ1) is 13.6. The lowest BCUT2D eigenvalue weighted by atomic mass is 9.94. The first-order valence-electron chi connectivity index (χ1n) is 6.58. The lowest BCUT2D eigenvalue weighted by Crippen LogP contribution is -2.38. The van der Waals surface area contributed by atoms with Gasteiger partial charge in [-0.2, -0.15) is 0 Å². The minimum absolute atomic E-state index is 0.102. The van der Waals surface area contributed by atoms with Gasteiger partial charge in [0.25, 0.3) is 5.91 Å². The van der Waals surface area contributed by atoms with Crippen molar-refractivity contribution >= 4 is 28.8 Å². The molecule has 1 amide bonds. The SMILES string of the molecule is O=C(NCC1NCCc2ccccc21)c1sccc1Cl. The summed E-state index contributed by atoms with van der Waals surface area (Å²) in [6.45, 7) is 1.52. The van der Waals surface area contributed by atoms with Crippen molar-refractivity contribution in [2.75, 3.05) is 13.1 Å². The topological polar surface area (TPSA) is 41.1 Å². The van der Waals surface area contributed by atoms with Crippen LogP contribution >= 0.6 is 22.9 Å². The Hall–Kier alpha value is -1.36. The van der Waals surface area contributed by atoms with Gasteiger partial charge < -0.3 is 10.6 Å². The average Bonchev–Trinajstić information content (AvgIpc) is 2.91. The summed E-state index contributed by atoms with van der Waals surface area (Å²) in [5.74, 6) is -0.102. The van der Waals surface area contributed by atoms with Gasteiger partial charge in [-0.25, -0.2) is 0 Å². The number of carbonyl (C=O) groups is 1. The smallest absolute Gasteiger partial charge is 0.262 e. The van der Waals surface area contributed by atoms with E-state index in [-0.39, 0.29) is 11.9 Å². The Morgan fingerprint density at radius 1 is 1.40 bits per heavy atom. The van der Waals surface area contributed by atoms with Crippen molar-refractivity contribution in [3.8, 4) is 0 Å². The van der Waals surface area contributed by atoms with E-state index in [2.05, 4.69) is 28.8 Å². The van der Waals surface area contributed by atoms with Crippen LogP contribution in [0.25, 0.3) is 0 Å². The quantitative estimate of drug-likeness (QED) is 0.915. The molecule has 1 aromatic heterocycles. The first-order valence-corrected chi connectivity index (χ1v) is 7.84. The van der Waals surface area contributed by atoms with E-state index in [9.17, 15) is 4.79 Å². The molecule has 2 N–H and O–H groups in total. The van der Waals surface area contributed by atoms with Gasteiger partial charge in [-0.15, -0.1) is 11.3 Å². The summed E-state index contributed by atoms with van der Waals surface area (Å²) < 4.78 is 0. The fraction of sp³-hybridized carbons (Fsp3) is 0.267. The number of rotatable bonds is 3. The zero-order valence-corrected chi connectivity index (χ0v) is 12.4. The second-order valence-corrected chi connectivity index (χ2v) is 6.09. The van der Waals surface area contributed by atoms with Crippen LogP contribution in [0.15, 0.2) is 35.7 Å². The van der Waals surface area contributed by atoms with Crippen molar-refractivity contribution in [2.24, 2.45) is 0 Å². The Kier molecular flexibility index (Phi) is 4.05. The maximum Gasteiger partial charge on any atom is 0.262 e. The standard InChI is InChI=1S/C15H15ClN2OS/c16-12-6-8-20-14(12)15(19)18-9-13-11-4-2-1-3-10(11)5-7-17-13/h1-4,6,8,13,17H,5,7,9H2,(H,18,19). The van der Waals surface area contributed by atoms with Gasteiger partial charge in [0.05, 0.1) is 5.02 Å². The molecule has 1 aliphatic rings. The van der Waals surface area contributed by atoms with Crippen LogP contribution in [0.2, 0.25) is 5.02 Å². The van der Waals surface area contributed by atoms with E-state index in [0.717, 1.165) is 13.0 Å². The van der Waals surface area contributed by atoms with Crippen LogP contribution in [0.1, 0.15) is 26.8 Å². The Bertz CT molecular complexity index is 626. The number of halogens is 1. The highest BCUT2D eigenvalue weighted by Crippen LogP contribution is 2.24. The van der Waals surface area contributed by atoms with E-state index in [1.54, 1.807) is 6.07 Å². The van der Waals surface area contributed by atoms with E-state index >= 15 is 0 Å². The normalized spacial score (nSPS) is 17.6. The highest BCUT2D eigenvalue weighted by atomic mass is 35.5. The molecule has 3 rings (SSSR count). The molecular weight excluding hydrogens is 292 g/mol. The highest BCUT2D eigenvalue weighted by Gasteiger charge is 2.20. The summed E-state index contributed by atoms with van der Waals surface area (Å²) >= 11 is 7.34. The van der Waals surface area contributed by atoms with Crippen LogP contribution in [0.4, 0.5) is 0 Å². The van der Waals surface area contributed by atoms with Gasteiger partial charge in [0, 0.05) is 12.6 Å². The number of amides is 1. The van der Waals surface area contributed by atoms with Gasteiger partial charge in [-0.3, -0.25) is 4.79 Å². The molecule has 20 heavy (non-hydrogen) atoms. The number of hydrogen-bond donors (Lipinski definition) is 2. The minimum atomic E-state index is -0.102. The van der Waals surface area contributed by atoms with Crippen molar-refractivity contribution in [1.82, 2.24) is 10.6 Å². The maximum atomic E-state index is 12.1. The van der Waals surface area contributed by atoms with Gasteiger partial charge in [0.2, 0.25) is 0 Å². The van der Waals surface area contributed by atoms with Crippen molar-refractivity contribution in [3.05, 3.63) is 56.7 Å². The summed E-state index contributed by atoms with van der Waals surface area (Å²) in [5, 5.41) is 8.75. The molecule has 0 fully saturated rings. The lowest BCUT2D eigenvalue weighted by molar-refractivity contribution is 0.0953. The van der Waals surface area contributed by atoms with Crippen LogP contribution in [0, 0.1) is 0 Å². The van der Waals surface area contributed by atoms with Crippen molar-refractivity contribution in [2.45, 2.75) is 12.5 Å². The molecular formula is C15H15ClN2OS. The third-order valence-corrected chi connectivity index (χ3v) is 4.85. The summed E-state index contributed by atoms with van der Waals surface area (Å²) in [7, 11) is 0. The fourth-order valence-corrected chi connectivity index (χ4v) is 3.56. The molecule has 1 unspecified atom stereocenters. The predicted molar refractivity (Wildman–Crippen MR) is 82.6 cm³/mol. The zero-order chi connectivity index (χ0) is 13.9. The number of nitrogens with one attached hydrogen (secondary N) is 2. The molecule has 0 bridgehead atoms. The van der Waals surface area contributed by atoms with Gasteiger partial charge in [0.1, 0.15) is 4.88 Å². The number of hydrogen-bond acceptors (Lipinski definition) is 3. The van der Waals surface area contributed by atoms with Crippen LogP contribution in [0.3, 0.4) is 0 Å². The average molecular weight is 307 g/mol. The minimum Gasteiger partial charge on any atom is -0.349 e. The second-order valence-electron chi connectivity index (χ2n) is 4.76. The van der Waals surface area contributed by atoms with Crippen molar-refractivity contribution in [1.29, 1.82) is 0 Å². The summed E-state index contributed by atoms with van der Waals surface area (Å²) in [5.41, 5.74) is 2.64. The Morgan fingerprint density at radius 2 is 2.25 bits per heavy atom. The van der Waals surface area contributed by atoms with E-state index in [1.165, 1.54) is 22.5 Å². The van der Waals surface area contributed by atoms with Gasteiger partial charge in [-0.05, 0) is 35.5 Å². The molecule has 1 aromatic carbocycles. The molecule has 2 heterocycles. The number of benzene rings is 1. The van der Waals surface area contributed by atoms with Crippen LogP contribution in [0.5, 0.6) is 0 Å². The molecule has 1 aliphatic heterocycles. The molecule has 2 aromatic rings. The molecule has 104 valence electrons. The molecule has 1 atom stereocenters. The number of carbonyl (C=O) groups excluding carboxylic acids is 1. The fourth-order valence-electron chi connectivity index (χ4n) is 2.51. The number of fused-ring (bicyclic) bond motifs is 1. The zero-order valence-electron chi connectivity index (χ0n) is 10.9. The number of thiophene rings is 1. The van der Waals surface area contributed by atoms with Crippen LogP contribution in [-0.2, 0) is 6.42 Å². The second kappa shape index (κ2) is 5.95. The van der Waals surface area contributed by atoms with Gasteiger partial charge >= 0.3 is 0 Å². The molecule has 0 spiro atoms. The molecule has 0 aliphatic carbocycles. The van der Waals surface area contributed by atoms with Gasteiger partial charge in [-0.1, -0.05) is 35.9 Å². The van der Waals surface area contributed by atoms with E-state index in [1.807, 2.05) is 11.4 Å². The Morgan fingerprint density at radius 3 is 3.05 bits per heavy atom.